The first-order chi connectivity index (χ1) is 6.97. The molecule has 0 aromatic carbocycles. The van der Waals surface area contributed by atoms with Crippen LogP contribution in [0.2, 0.25) is 0 Å². The lowest BCUT2D eigenvalue weighted by atomic mass is 10.2. The molecule has 0 aromatic heterocycles. The van der Waals surface area contributed by atoms with E-state index in [2.05, 4.69) is 0 Å². The second-order valence-corrected chi connectivity index (χ2v) is 3.64. The third kappa shape index (κ3) is 6.65. The fourth-order valence-electron chi connectivity index (χ4n) is 1.06. The number of nitrogens with zero attached hydrogens (tertiary/aromatic N) is 2. The van der Waals surface area contributed by atoms with Crippen LogP contribution in [0, 0.1) is 0 Å². The van der Waals surface area contributed by atoms with Gasteiger partial charge >= 0.3 is 0 Å². The minimum Gasteiger partial charge on any atom is -0.344 e. The number of carbonyl (C=O) groups is 3. The molecule has 0 atom stereocenters. The van der Waals surface area contributed by atoms with Crippen LogP contribution in [0.1, 0.15) is 19.8 Å². The van der Waals surface area contributed by atoms with Gasteiger partial charge in [-0.2, -0.15) is 0 Å². The maximum absolute atomic E-state index is 11.4. The van der Waals surface area contributed by atoms with Crippen molar-refractivity contribution in [2.45, 2.75) is 19.8 Å². The molecule has 0 heterocycles. The Balaban J connectivity index is 3.78. The second-order valence-electron chi connectivity index (χ2n) is 3.64. The molecule has 0 aliphatic rings. The second kappa shape index (κ2) is 6.98. The molecule has 15 heavy (non-hydrogen) atoms. The Morgan fingerprint density at radius 1 is 1.27 bits per heavy atom. The van der Waals surface area contributed by atoms with E-state index in [-0.39, 0.29) is 18.2 Å². The molecular weight excluding hydrogens is 196 g/mol. The third-order valence-electron chi connectivity index (χ3n) is 2.01. The van der Waals surface area contributed by atoms with E-state index >= 15 is 0 Å². The predicted molar refractivity (Wildman–Crippen MR) is 56.2 cm³/mol. The molecule has 0 saturated carbocycles. The molecule has 0 radical (unpaired) electrons. The van der Waals surface area contributed by atoms with Crippen molar-refractivity contribution in [3.05, 3.63) is 0 Å². The molecule has 0 bridgehead atoms. The average molecular weight is 214 g/mol. The van der Waals surface area contributed by atoms with E-state index in [9.17, 15) is 14.4 Å². The van der Waals surface area contributed by atoms with Crippen LogP contribution in [-0.2, 0) is 14.4 Å². The first kappa shape index (κ1) is 13.6. The monoisotopic (exact) mass is 214 g/mol. The molecular formula is C10H18N2O3. The first-order valence-corrected chi connectivity index (χ1v) is 4.86. The number of likely N-dealkylation sites (N-methyl/N-ethyl adjacent to an activating group) is 2. The molecule has 0 fully saturated rings. The molecule has 0 rings (SSSR count). The molecule has 0 unspecified atom stereocenters. The topological polar surface area (TPSA) is 57.7 Å². The van der Waals surface area contributed by atoms with E-state index in [0.29, 0.717) is 25.8 Å². The van der Waals surface area contributed by atoms with Gasteiger partial charge in [0.1, 0.15) is 5.78 Å². The summed E-state index contributed by atoms with van der Waals surface area (Å²) in [7, 11) is 3.22. The summed E-state index contributed by atoms with van der Waals surface area (Å²) in [5, 5.41) is 0. The highest BCUT2D eigenvalue weighted by atomic mass is 16.2. The van der Waals surface area contributed by atoms with Crippen molar-refractivity contribution in [1.29, 1.82) is 0 Å². The predicted octanol–water partition coefficient (Wildman–Crippen LogP) is -0.0978. The van der Waals surface area contributed by atoms with Crippen molar-refractivity contribution in [3.63, 3.8) is 0 Å². The molecule has 5 heteroatoms. The number of hydrogen-bond acceptors (Lipinski definition) is 3. The van der Waals surface area contributed by atoms with Gasteiger partial charge in [0, 0.05) is 27.1 Å². The zero-order valence-electron chi connectivity index (χ0n) is 9.52. The minimum atomic E-state index is -0.117. The van der Waals surface area contributed by atoms with Gasteiger partial charge in [-0.25, -0.2) is 0 Å². The van der Waals surface area contributed by atoms with Gasteiger partial charge in [0.2, 0.25) is 12.3 Å². The Kier molecular flexibility index (Phi) is 6.33. The Labute approximate surface area is 90.0 Å². The summed E-state index contributed by atoms with van der Waals surface area (Å²) in [4.78, 5) is 35.2. The summed E-state index contributed by atoms with van der Waals surface area (Å²) in [6.07, 6.45) is 1.77. The highest BCUT2D eigenvalue weighted by Crippen LogP contribution is 1.95. The normalized spacial score (nSPS) is 9.53. The highest BCUT2D eigenvalue weighted by Gasteiger charge is 2.10. The lowest BCUT2D eigenvalue weighted by Gasteiger charge is -2.19. The molecule has 0 aliphatic heterocycles. The summed E-state index contributed by atoms with van der Waals surface area (Å²) in [5.41, 5.74) is 0. The van der Waals surface area contributed by atoms with Gasteiger partial charge in [-0.3, -0.25) is 9.59 Å². The smallest absolute Gasteiger partial charge is 0.241 e. The van der Waals surface area contributed by atoms with Crippen LogP contribution in [0.15, 0.2) is 0 Å². The summed E-state index contributed by atoms with van der Waals surface area (Å²) in [5.74, 6) is 0.00834. The zero-order chi connectivity index (χ0) is 11.8. The summed E-state index contributed by atoms with van der Waals surface area (Å²) in [6.45, 7) is 2.16. The average Bonchev–Trinajstić information content (AvgIpc) is 2.16. The van der Waals surface area contributed by atoms with Gasteiger partial charge in [-0.05, 0) is 13.3 Å². The molecule has 2 amide bonds. The maximum Gasteiger partial charge on any atom is 0.241 e. The largest absolute Gasteiger partial charge is 0.344 e. The Bertz CT molecular complexity index is 241. The van der Waals surface area contributed by atoms with Gasteiger partial charge in [-0.1, -0.05) is 0 Å². The van der Waals surface area contributed by atoms with Gasteiger partial charge in [0.25, 0.3) is 0 Å². The van der Waals surface area contributed by atoms with E-state index in [1.165, 1.54) is 16.7 Å². The Morgan fingerprint density at radius 3 is 2.33 bits per heavy atom. The van der Waals surface area contributed by atoms with Crippen LogP contribution in [0.4, 0.5) is 0 Å². The van der Waals surface area contributed by atoms with Crippen LogP contribution >= 0.6 is 0 Å². The van der Waals surface area contributed by atoms with E-state index in [4.69, 9.17) is 0 Å². The van der Waals surface area contributed by atoms with Crippen molar-refractivity contribution >= 4 is 18.1 Å². The van der Waals surface area contributed by atoms with E-state index < -0.39 is 0 Å². The van der Waals surface area contributed by atoms with Crippen LogP contribution < -0.4 is 0 Å². The van der Waals surface area contributed by atoms with Crippen molar-refractivity contribution in [2.24, 2.45) is 0 Å². The van der Waals surface area contributed by atoms with Gasteiger partial charge in [0.15, 0.2) is 0 Å². The lowest BCUT2D eigenvalue weighted by Crippen LogP contribution is -2.36. The number of amides is 2. The van der Waals surface area contributed by atoms with Gasteiger partial charge in [-0.15, -0.1) is 0 Å². The standard InChI is InChI=1S/C10H18N2O3/c1-9(14)5-4-6-12(3)10(15)7-11(2)8-13/h8H,4-7H2,1-3H3. The van der Waals surface area contributed by atoms with Crippen LogP contribution in [-0.4, -0.2) is 55.1 Å². The van der Waals surface area contributed by atoms with Crippen LogP contribution in [0.25, 0.3) is 0 Å². The first-order valence-electron chi connectivity index (χ1n) is 4.86. The molecule has 0 aliphatic carbocycles. The number of hydrogen-bond donors (Lipinski definition) is 0. The summed E-state index contributed by atoms with van der Waals surface area (Å²) < 4.78 is 0. The van der Waals surface area contributed by atoms with Crippen molar-refractivity contribution in [2.75, 3.05) is 27.2 Å². The fourth-order valence-corrected chi connectivity index (χ4v) is 1.06. The van der Waals surface area contributed by atoms with Crippen molar-refractivity contribution in [3.8, 4) is 0 Å². The lowest BCUT2D eigenvalue weighted by molar-refractivity contribution is -0.134. The Hall–Kier alpha value is -1.39. The van der Waals surface area contributed by atoms with Crippen LogP contribution in [0.5, 0.6) is 0 Å². The number of rotatable bonds is 7. The zero-order valence-corrected chi connectivity index (χ0v) is 9.52. The quantitative estimate of drug-likeness (QED) is 0.556. The SMILES string of the molecule is CC(=O)CCCN(C)C(=O)CN(C)C=O. The number of carbonyl (C=O) groups excluding carboxylic acids is 3. The highest BCUT2D eigenvalue weighted by molar-refractivity contribution is 5.79. The van der Waals surface area contributed by atoms with E-state index in [1.807, 2.05) is 0 Å². The molecule has 5 nitrogen and oxygen atoms in total. The molecule has 0 N–H and O–H groups in total. The van der Waals surface area contributed by atoms with Gasteiger partial charge in [0.05, 0.1) is 6.54 Å². The molecule has 86 valence electrons. The summed E-state index contributed by atoms with van der Waals surface area (Å²) in [6, 6.07) is 0. The molecule has 0 aromatic rings. The maximum atomic E-state index is 11.4. The van der Waals surface area contributed by atoms with Crippen molar-refractivity contribution in [1.82, 2.24) is 9.80 Å². The van der Waals surface area contributed by atoms with Crippen molar-refractivity contribution < 1.29 is 14.4 Å². The van der Waals surface area contributed by atoms with E-state index in [0.717, 1.165) is 0 Å². The van der Waals surface area contributed by atoms with E-state index in [1.54, 1.807) is 14.1 Å². The fraction of sp³-hybridized carbons (Fsp3) is 0.700. The molecule has 0 spiro atoms. The minimum absolute atomic E-state index is 0.0834. The molecule has 0 saturated heterocycles. The number of ketones is 1. The summed E-state index contributed by atoms with van der Waals surface area (Å²) >= 11 is 0. The Morgan fingerprint density at radius 2 is 1.87 bits per heavy atom. The van der Waals surface area contributed by atoms with Crippen LogP contribution in [0.3, 0.4) is 0 Å². The number of Topliss-reactive ketones (excluding diaryl/α,β-unsaturated/α-hetero) is 1. The van der Waals surface area contributed by atoms with Gasteiger partial charge < -0.3 is 14.6 Å². The third-order valence-corrected chi connectivity index (χ3v) is 2.01.